The number of halogens is 1. The van der Waals surface area contributed by atoms with E-state index in [-0.39, 0.29) is 15.5 Å². The number of fused-ring (bicyclic) bond motifs is 1. The molecule has 0 aromatic heterocycles. The third-order valence-electron chi connectivity index (χ3n) is 4.92. The summed E-state index contributed by atoms with van der Waals surface area (Å²) in [5.41, 5.74) is 1.91. The van der Waals surface area contributed by atoms with E-state index < -0.39 is 21.6 Å². The molecule has 1 amide bonds. The summed E-state index contributed by atoms with van der Waals surface area (Å²) in [5.74, 6) is -1.04. The maximum Gasteiger partial charge on any atom is 0.267 e. The molecule has 0 atom stereocenters. The van der Waals surface area contributed by atoms with Crippen LogP contribution in [0.15, 0.2) is 58.5 Å². The Hall–Kier alpha value is -2.67. The van der Waals surface area contributed by atoms with Gasteiger partial charge in [-0.05, 0) is 50.1 Å². The minimum Gasteiger partial charge on any atom is -0.338 e. The second-order valence-corrected chi connectivity index (χ2v) is 8.70. The average Bonchev–Trinajstić information content (AvgIpc) is 3.17. The van der Waals surface area contributed by atoms with E-state index >= 15 is 0 Å². The summed E-state index contributed by atoms with van der Waals surface area (Å²) < 4.78 is 40.0. The molecule has 7 heteroatoms. The topological polar surface area (TPSA) is 57.7 Å². The van der Waals surface area contributed by atoms with E-state index in [1.54, 1.807) is 9.80 Å². The standard InChI is InChI=1S/C20H19FN2O3S/c1-14-4-7-16(8-5-14)23-13-19(20(24)22-10-2-3-11-22)27(25,26)18-9-6-15(21)12-17(18)23/h4-9,12-13H,2-3,10-11H2,1H3. The normalized spacial score (nSPS) is 18.2. The Morgan fingerprint density at radius 2 is 1.70 bits per heavy atom. The van der Waals surface area contributed by atoms with Gasteiger partial charge in [-0.25, -0.2) is 12.8 Å². The zero-order valence-corrected chi connectivity index (χ0v) is 15.7. The number of aryl methyl sites for hydroxylation is 1. The zero-order chi connectivity index (χ0) is 19.2. The van der Waals surface area contributed by atoms with E-state index in [4.69, 9.17) is 0 Å². The van der Waals surface area contributed by atoms with Crippen molar-refractivity contribution in [3.63, 3.8) is 0 Å². The largest absolute Gasteiger partial charge is 0.338 e. The van der Waals surface area contributed by atoms with Gasteiger partial charge < -0.3 is 9.80 Å². The molecular weight excluding hydrogens is 367 g/mol. The van der Waals surface area contributed by atoms with Crippen LogP contribution in [0.5, 0.6) is 0 Å². The van der Waals surface area contributed by atoms with Gasteiger partial charge in [-0.3, -0.25) is 4.79 Å². The van der Waals surface area contributed by atoms with Gasteiger partial charge in [-0.2, -0.15) is 0 Å². The van der Waals surface area contributed by atoms with Gasteiger partial charge in [0.05, 0.1) is 10.6 Å². The number of carbonyl (C=O) groups excluding carboxylic acids is 1. The minimum atomic E-state index is -4.02. The zero-order valence-electron chi connectivity index (χ0n) is 14.9. The van der Waals surface area contributed by atoms with Gasteiger partial charge in [0.1, 0.15) is 5.82 Å². The van der Waals surface area contributed by atoms with Crippen molar-refractivity contribution in [2.45, 2.75) is 24.7 Å². The summed E-state index contributed by atoms with van der Waals surface area (Å²) in [6, 6.07) is 10.9. The van der Waals surface area contributed by atoms with Crippen molar-refractivity contribution in [1.82, 2.24) is 4.90 Å². The van der Waals surface area contributed by atoms with Gasteiger partial charge in [-0.1, -0.05) is 17.7 Å². The van der Waals surface area contributed by atoms with Crippen molar-refractivity contribution in [3.05, 3.63) is 65.0 Å². The lowest BCUT2D eigenvalue weighted by Crippen LogP contribution is -2.35. The number of amides is 1. The Bertz CT molecular complexity index is 1040. The molecule has 0 unspecified atom stereocenters. The van der Waals surface area contributed by atoms with Crippen LogP contribution in [-0.2, 0) is 14.6 Å². The maximum absolute atomic E-state index is 13.9. The lowest BCUT2D eigenvalue weighted by atomic mass is 10.2. The van der Waals surface area contributed by atoms with E-state index in [2.05, 4.69) is 0 Å². The first-order valence-corrected chi connectivity index (χ1v) is 10.3. The van der Waals surface area contributed by atoms with Crippen molar-refractivity contribution < 1.29 is 17.6 Å². The molecule has 0 radical (unpaired) electrons. The molecule has 2 heterocycles. The predicted molar refractivity (Wildman–Crippen MR) is 101 cm³/mol. The number of benzene rings is 2. The van der Waals surface area contributed by atoms with Crippen LogP contribution in [0.25, 0.3) is 0 Å². The van der Waals surface area contributed by atoms with Crippen LogP contribution >= 0.6 is 0 Å². The van der Waals surface area contributed by atoms with E-state index in [1.165, 1.54) is 18.3 Å². The van der Waals surface area contributed by atoms with Crippen molar-refractivity contribution in [1.29, 1.82) is 0 Å². The number of sulfone groups is 1. The Balaban J connectivity index is 1.90. The fraction of sp³-hybridized carbons (Fsp3) is 0.250. The third-order valence-corrected chi connectivity index (χ3v) is 6.71. The molecule has 0 bridgehead atoms. The number of likely N-dealkylation sites (tertiary alicyclic amines) is 1. The minimum absolute atomic E-state index is 0.0606. The number of hydrogen-bond donors (Lipinski definition) is 0. The number of hydrogen-bond acceptors (Lipinski definition) is 4. The second-order valence-electron chi connectivity index (χ2n) is 6.81. The molecule has 2 aliphatic heterocycles. The number of carbonyl (C=O) groups is 1. The molecule has 2 aromatic carbocycles. The first kappa shape index (κ1) is 17.7. The molecule has 27 heavy (non-hydrogen) atoms. The Labute approximate surface area is 157 Å². The Morgan fingerprint density at radius 1 is 1.04 bits per heavy atom. The van der Waals surface area contributed by atoms with E-state index in [9.17, 15) is 17.6 Å². The molecule has 5 nitrogen and oxygen atoms in total. The third kappa shape index (κ3) is 3.02. The van der Waals surface area contributed by atoms with Crippen molar-refractivity contribution in [2.75, 3.05) is 18.0 Å². The fourth-order valence-corrected chi connectivity index (χ4v) is 4.97. The highest BCUT2D eigenvalue weighted by molar-refractivity contribution is 7.96. The summed E-state index contributed by atoms with van der Waals surface area (Å²) in [6.07, 6.45) is 3.05. The summed E-state index contributed by atoms with van der Waals surface area (Å²) in [5, 5.41) is 0. The van der Waals surface area contributed by atoms with Crippen molar-refractivity contribution in [3.8, 4) is 0 Å². The van der Waals surface area contributed by atoms with Crippen LogP contribution in [-0.4, -0.2) is 32.3 Å². The number of nitrogens with zero attached hydrogens (tertiary/aromatic N) is 2. The van der Waals surface area contributed by atoms with Crippen LogP contribution < -0.4 is 4.90 Å². The lowest BCUT2D eigenvalue weighted by Gasteiger charge is -2.30. The number of anilines is 2. The molecule has 140 valence electrons. The van der Waals surface area contributed by atoms with Crippen molar-refractivity contribution in [2.24, 2.45) is 0 Å². The monoisotopic (exact) mass is 386 g/mol. The molecule has 0 saturated carbocycles. The Kier molecular flexibility index (Phi) is 4.26. The molecule has 0 aliphatic carbocycles. The summed E-state index contributed by atoms with van der Waals surface area (Å²) in [6.45, 7) is 3.04. The van der Waals surface area contributed by atoms with Gasteiger partial charge in [0.15, 0.2) is 4.91 Å². The second kappa shape index (κ2) is 6.49. The quantitative estimate of drug-likeness (QED) is 0.741. The average molecular weight is 386 g/mol. The predicted octanol–water partition coefficient (Wildman–Crippen LogP) is 3.52. The smallest absolute Gasteiger partial charge is 0.267 e. The van der Waals surface area contributed by atoms with Gasteiger partial charge >= 0.3 is 0 Å². The highest BCUT2D eigenvalue weighted by Gasteiger charge is 2.38. The molecule has 0 N–H and O–H groups in total. The lowest BCUT2D eigenvalue weighted by molar-refractivity contribution is -0.125. The van der Waals surface area contributed by atoms with Gasteiger partial charge in [-0.15, -0.1) is 0 Å². The summed E-state index contributed by atoms with van der Waals surface area (Å²) >= 11 is 0. The van der Waals surface area contributed by atoms with Gasteiger partial charge in [0.25, 0.3) is 5.91 Å². The van der Waals surface area contributed by atoms with Gasteiger partial charge in [0.2, 0.25) is 9.84 Å². The van der Waals surface area contributed by atoms with Crippen molar-refractivity contribution >= 4 is 27.1 Å². The molecule has 1 fully saturated rings. The van der Waals surface area contributed by atoms with Crippen LogP contribution in [0.3, 0.4) is 0 Å². The van der Waals surface area contributed by atoms with Crippen LogP contribution in [0.1, 0.15) is 18.4 Å². The SMILES string of the molecule is Cc1ccc(N2C=C(C(=O)N3CCCC3)S(=O)(=O)c3ccc(F)cc32)cc1. The first-order valence-electron chi connectivity index (χ1n) is 8.79. The summed E-state index contributed by atoms with van der Waals surface area (Å²) in [4.78, 5) is 15.7. The van der Waals surface area contributed by atoms with Gasteiger partial charge in [0, 0.05) is 25.0 Å². The molecule has 1 saturated heterocycles. The van der Waals surface area contributed by atoms with Crippen LogP contribution in [0, 0.1) is 12.7 Å². The highest BCUT2D eigenvalue weighted by Crippen LogP contribution is 2.40. The molecule has 4 rings (SSSR count). The molecular formula is C20H19FN2O3S. The molecule has 0 spiro atoms. The van der Waals surface area contributed by atoms with E-state index in [0.29, 0.717) is 18.8 Å². The molecule has 2 aromatic rings. The molecule has 2 aliphatic rings. The van der Waals surface area contributed by atoms with Crippen LogP contribution in [0.2, 0.25) is 0 Å². The summed E-state index contributed by atoms with van der Waals surface area (Å²) in [7, 11) is -4.02. The fourth-order valence-electron chi connectivity index (χ4n) is 3.45. The first-order chi connectivity index (χ1) is 12.9. The van der Waals surface area contributed by atoms with Crippen LogP contribution in [0.4, 0.5) is 15.8 Å². The maximum atomic E-state index is 13.9. The van der Waals surface area contributed by atoms with E-state index in [1.807, 2.05) is 31.2 Å². The van der Waals surface area contributed by atoms with E-state index in [0.717, 1.165) is 24.5 Å². The number of rotatable bonds is 2. The highest BCUT2D eigenvalue weighted by atomic mass is 32.2. The Morgan fingerprint density at radius 3 is 2.37 bits per heavy atom.